The average molecular weight is 236 g/mol. The van der Waals surface area contributed by atoms with E-state index in [0.29, 0.717) is 12.1 Å². The molecule has 17 heavy (non-hydrogen) atoms. The topological polar surface area (TPSA) is 6.48 Å². The van der Waals surface area contributed by atoms with Gasteiger partial charge in [0.2, 0.25) is 0 Å². The van der Waals surface area contributed by atoms with Crippen molar-refractivity contribution >= 4 is 5.69 Å². The Morgan fingerprint density at radius 3 is 2.53 bits per heavy atom. The molecular weight excluding hydrogens is 215 g/mol. The van der Waals surface area contributed by atoms with Gasteiger partial charge in [0.05, 0.1) is 0 Å². The summed E-state index contributed by atoms with van der Waals surface area (Å²) in [6.07, 6.45) is 2.35. The minimum absolute atomic E-state index is 0.168. The third kappa shape index (κ3) is 2.78. The van der Waals surface area contributed by atoms with Crippen molar-refractivity contribution in [2.24, 2.45) is 0 Å². The molecule has 1 aliphatic rings. The Bertz CT molecular complexity index is 363. The first-order valence-electron chi connectivity index (χ1n) is 6.26. The van der Waals surface area contributed by atoms with Gasteiger partial charge in [-0.25, -0.2) is 4.39 Å². The van der Waals surface area contributed by atoms with Crippen LogP contribution in [0.25, 0.3) is 0 Å². The van der Waals surface area contributed by atoms with Gasteiger partial charge < -0.3 is 9.80 Å². The summed E-state index contributed by atoms with van der Waals surface area (Å²) in [5.41, 5.74) is 1.10. The quantitative estimate of drug-likeness (QED) is 0.779. The lowest BCUT2D eigenvalue weighted by atomic mass is 9.97. The van der Waals surface area contributed by atoms with E-state index in [1.807, 2.05) is 12.1 Å². The van der Waals surface area contributed by atoms with Crippen LogP contribution in [0.2, 0.25) is 0 Å². The van der Waals surface area contributed by atoms with Crippen molar-refractivity contribution in [3.8, 4) is 0 Å². The smallest absolute Gasteiger partial charge is 0.123 e. The molecule has 1 aliphatic heterocycles. The van der Waals surface area contributed by atoms with Crippen LogP contribution in [0.3, 0.4) is 0 Å². The Hall–Kier alpha value is -1.09. The van der Waals surface area contributed by atoms with Gasteiger partial charge in [-0.1, -0.05) is 0 Å². The number of hydrogen-bond donors (Lipinski definition) is 0. The van der Waals surface area contributed by atoms with Crippen molar-refractivity contribution in [1.29, 1.82) is 0 Å². The highest BCUT2D eigenvalue weighted by Crippen LogP contribution is 2.24. The second kappa shape index (κ2) is 5.05. The highest BCUT2D eigenvalue weighted by Gasteiger charge is 2.25. The minimum atomic E-state index is -0.168. The number of likely N-dealkylation sites (tertiary alicyclic amines) is 1. The molecule has 0 N–H and O–H groups in total. The molecule has 1 saturated heterocycles. The Morgan fingerprint density at radius 2 is 1.94 bits per heavy atom. The van der Waals surface area contributed by atoms with E-state index in [9.17, 15) is 4.39 Å². The zero-order valence-corrected chi connectivity index (χ0v) is 10.9. The van der Waals surface area contributed by atoms with Gasteiger partial charge in [-0.15, -0.1) is 0 Å². The van der Waals surface area contributed by atoms with Crippen molar-refractivity contribution in [2.75, 3.05) is 25.5 Å². The Balaban J connectivity index is 2.05. The Morgan fingerprint density at radius 1 is 1.29 bits per heavy atom. The van der Waals surface area contributed by atoms with Crippen LogP contribution < -0.4 is 4.90 Å². The van der Waals surface area contributed by atoms with Crippen LogP contribution in [-0.2, 0) is 0 Å². The fraction of sp³-hybridized carbons (Fsp3) is 0.571. The molecule has 0 spiro atoms. The maximum Gasteiger partial charge on any atom is 0.123 e. The molecule has 1 fully saturated rings. The third-order valence-corrected chi connectivity index (χ3v) is 3.96. The molecule has 2 nitrogen and oxygen atoms in total. The van der Waals surface area contributed by atoms with Crippen LogP contribution in [0.1, 0.15) is 19.8 Å². The van der Waals surface area contributed by atoms with Crippen molar-refractivity contribution in [1.82, 2.24) is 4.90 Å². The molecule has 2 atom stereocenters. The van der Waals surface area contributed by atoms with E-state index in [1.54, 1.807) is 0 Å². The van der Waals surface area contributed by atoms with Gasteiger partial charge in [-0.05, 0) is 51.1 Å². The number of benzene rings is 1. The van der Waals surface area contributed by atoms with Gasteiger partial charge in [0, 0.05) is 31.4 Å². The SMILES string of the molecule is CC1CC(N(C)c2ccc(F)cc2)CCN1C. The highest BCUT2D eigenvalue weighted by molar-refractivity contribution is 5.46. The minimum Gasteiger partial charge on any atom is -0.372 e. The van der Waals surface area contributed by atoms with E-state index >= 15 is 0 Å². The van der Waals surface area contributed by atoms with Gasteiger partial charge >= 0.3 is 0 Å². The maximum absolute atomic E-state index is 12.9. The standard InChI is InChI=1S/C14H21FN2/c1-11-10-14(8-9-16(11)2)17(3)13-6-4-12(15)5-7-13/h4-7,11,14H,8-10H2,1-3H3. The van der Waals surface area contributed by atoms with E-state index in [2.05, 4.69) is 30.8 Å². The van der Waals surface area contributed by atoms with Gasteiger partial charge in [0.15, 0.2) is 0 Å². The van der Waals surface area contributed by atoms with Crippen LogP contribution >= 0.6 is 0 Å². The first-order chi connectivity index (χ1) is 8.08. The number of nitrogens with zero attached hydrogens (tertiary/aromatic N) is 2. The molecule has 3 heteroatoms. The zero-order valence-electron chi connectivity index (χ0n) is 10.9. The zero-order chi connectivity index (χ0) is 12.4. The third-order valence-electron chi connectivity index (χ3n) is 3.96. The molecule has 0 amide bonds. The largest absolute Gasteiger partial charge is 0.372 e. The van der Waals surface area contributed by atoms with Gasteiger partial charge in [0.25, 0.3) is 0 Å². The molecule has 0 aliphatic carbocycles. The Kier molecular flexibility index (Phi) is 3.67. The molecule has 0 aromatic heterocycles. The molecule has 0 radical (unpaired) electrons. The first kappa shape index (κ1) is 12.4. The van der Waals surface area contributed by atoms with E-state index in [0.717, 1.165) is 12.2 Å². The van der Waals surface area contributed by atoms with Crippen molar-refractivity contribution < 1.29 is 4.39 Å². The summed E-state index contributed by atoms with van der Waals surface area (Å²) in [5.74, 6) is -0.168. The number of piperidine rings is 1. The summed E-state index contributed by atoms with van der Waals surface area (Å²) in [7, 11) is 4.29. The van der Waals surface area contributed by atoms with Gasteiger partial charge in [-0.2, -0.15) is 0 Å². The predicted molar refractivity (Wildman–Crippen MR) is 69.9 cm³/mol. The number of rotatable bonds is 2. The molecule has 1 aromatic rings. The summed E-state index contributed by atoms with van der Waals surface area (Å²) >= 11 is 0. The van der Waals surface area contributed by atoms with Crippen LogP contribution in [0.4, 0.5) is 10.1 Å². The van der Waals surface area contributed by atoms with Crippen LogP contribution in [0.15, 0.2) is 24.3 Å². The predicted octanol–water partition coefficient (Wildman–Crippen LogP) is 2.74. The summed E-state index contributed by atoms with van der Waals surface area (Å²) < 4.78 is 12.9. The van der Waals surface area contributed by atoms with E-state index < -0.39 is 0 Å². The lowest BCUT2D eigenvalue weighted by molar-refractivity contribution is 0.181. The van der Waals surface area contributed by atoms with Crippen molar-refractivity contribution in [3.05, 3.63) is 30.1 Å². The monoisotopic (exact) mass is 236 g/mol. The lowest BCUT2D eigenvalue weighted by Gasteiger charge is -2.40. The molecule has 2 unspecified atom stereocenters. The van der Waals surface area contributed by atoms with Crippen molar-refractivity contribution in [3.63, 3.8) is 0 Å². The first-order valence-corrected chi connectivity index (χ1v) is 6.26. The summed E-state index contributed by atoms with van der Waals surface area (Å²) in [6.45, 7) is 3.40. The van der Waals surface area contributed by atoms with Gasteiger partial charge in [-0.3, -0.25) is 0 Å². The van der Waals surface area contributed by atoms with Crippen LogP contribution in [0.5, 0.6) is 0 Å². The fourth-order valence-corrected chi connectivity index (χ4v) is 2.50. The van der Waals surface area contributed by atoms with Crippen LogP contribution in [-0.4, -0.2) is 37.6 Å². The number of hydrogen-bond acceptors (Lipinski definition) is 2. The summed E-state index contributed by atoms with van der Waals surface area (Å²) in [6, 6.07) is 7.97. The number of halogens is 1. The fourth-order valence-electron chi connectivity index (χ4n) is 2.50. The highest BCUT2D eigenvalue weighted by atomic mass is 19.1. The molecule has 1 aromatic carbocycles. The van der Waals surface area contributed by atoms with Crippen LogP contribution in [0, 0.1) is 5.82 Å². The second-order valence-electron chi connectivity index (χ2n) is 5.10. The van der Waals surface area contributed by atoms with Crippen molar-refractivity contribution in [2.45, 2.75) is 31.8 Å². The molecule has 1 heterocycles. The second-order valence-corrected chi connectivity index (χ2v) is 5.10. The summed E-state index contributed by atoms with van der Waals surface area (Å²) in [4.78, 5) is 4.68. The lowest BCUT2D eigenvalue weighted by Crippen LogP contribution is -2.46. The maximum atomic E-state index is 12.9. The van der Waals surface area contributed by atoms with E-state index in [1.165, 1.54) is 25.0 Å². The Labute approximate surface area is 103 Å². The molecule has 0 saturated carbocycles. The summed E-state index contributed by atoms with van der Waals surface area (Å²) in [5, 5.41) is 0. The number of anilines is 1. The molecule has 94 valence electrons. The average Bonchev–Trinajstić information content (AvgIpc) is 2.33. The molecule has 0 bridgehead atoms. The molecular formula is C14H21FN2. The van der Waals surface area contributed by atoms with E-state index in [-0.39, 0.29) is 5.82 Å². The normalized spacial score (nSPS) is 25.9. The molecule has 2 rings (SSSR count). The van der Waals surface area contributed by atoms with E-state index in [4.69, 9.17) is 0 Å². The van der Waals surface area contributed by atoms with Gasteiger partial charge in [0.1, 0.15) is 5.82 Å².